The van der Waals surface area contributed by atoms with Crippen LogP contribution in [0.1, 0.15) is 23.6 Å². The molecule has 0 aliphatic carbocycles. The van der Waals surface area contributed by atoms with Crippen molar-refractivity contribution in [2.75, 3.05) is 6.73 Å². The zero-order chi connectivity index (χ0) is 16.6. The van der Waals surface area contributed by atoms with Gasteiger partial charge in [0.15, 0.2) is 6.73 Å². The molecule has 2 heterocycles. The van der Waals surface area contributed by atoms with E-state index in [1.54, 1.807) is 0 Å². The summed E-state index contributed by atoms with van der Waals surface area (Å²) in [6, 6.07) is 27.7. The molecule has 122 valence electrons. The van der Waals surface area contributed by atoms with Crippen LogP contribution in [0, 0.1) is 0 Å². The minimum atomic E-state index is 0.286. The van der Waals surface area contributed by atoms with E-state index < -0.39 is 0 Å². The molecule has 0 bridgehead atoms. The van der Waals surface area contributed by atoms with Crippen molar-refractivity contribution in [2.24, 2.45) is 5.10 Å². The molecule has 0 saturated heterocycles. The summed E-state index contributed by atoms with van der Waals surface area (Å²) in [5.41, 5.74) is 6.02. The minimum Gasteiger partial charge on any atom is -0.471 e. The van der Waals surface area contributed by atoms with Crippen molar-refractivity contribution in [1.29, 1.82) is 0 Å². The molecule has 3 aromatic rings. The molecule has 0 spiro atoms. The number of nitrogens with zero attached hydrogens (tertiary/aromatic N) is 2. The summed E-state index contributed by atoms with van der Waals surface area (Å²) in [4.78, 5) is 0. The lowest BCUT2D eigenvalue weighted by molar-refractivity contribution is 0.0750. The molecule has 0 saturated carbocycles. The Balaban J connectivity index is 1.42. The topological polar surface area (TPSA) is 24.8 Å². The molecule has 1 unspecified atom stereocenters. The van der Waals surface area contributed by atoms with Crippen LogP contribution in [-0.4, -0.2) is 17.5 Å². The van der Waals surface area contributed by atoms with Gasteiger partial charge in [0.05, 0.1) is 11.8 Å². The number of ether oxygens (including phenoxy) is 1. The maximum atomic E-state index is 5.82. The molecule has 0 fully saturated rings. The highest BCUT2D eigenvalue weighted by molar-refractivity contribution is 6.02. The number of benzene rings is 3. The van der Waals surface area contributed by atoms with Gasteiger partial charge in [0.2, 0.25) is 0 Å². The second-order valence-corrected chi connectivity index (χ2v) is 6.46. The van der Waals surface area contributed by atoms with Gasteiger partial charge in [-0.05, 0) is 22.8 Å². The Morgan fingerprint density at radius 3 is 2.28 bits per heavy atom. The summed E-state index contributed by atoms with van der Waals surface area (Å²) in [5.74, 6) is 0.986. The first-order valence-electron chi connectivity index (χ1n) is 8.60. The summed E-state index contributed by atoms with van der Waals surface area (Å²) in [6.45, 7) is 0.521. The van der Waals surface area contributed by atoms with E-state index in [4.69, 9.17) is 9.84 Å². The Morgan fingerprint density at radius 2 is 1.44 bits per heavy atom. The summed E-state index contributed by atoms with van der Waals surface area (Å²) in [6.07, 6.45) is 0.922. The number of hydrogen-bond donors (Lipinski definition) is 0. The first kappa shape index (κ1) is 14.3. The summed E-state index contributed by atoms with van der Waals surface area (Å²) in [7, 11) is 0. The largest absolute Gasteiger partial charge is 0.471 e. The van der Waals surface area contributed by atoms with Crippen molar-refractivity contribution >= 4 is 5.71 Å². The molecule has 0 radical (unpaired) electrons. The predicted molar refractivity (Wildman–Crippen MR) is 99.5 cm³/mol. The van der Waals surface area contributed by atoms with E-state index in [0.29, 0.717) is 6.73 Å². The zero-order valence-electron chi connectivity index (χ0n) is 13.8. The van der Waals surface area contributed by atoms with Gasteiger partial charge in [-0.1, -0.05) is 72.8 Å². The number of para-hydroxylation sites is 1. The van der Waals surface area contributed by atoms with Crippen LogP contribution in [0.5, 0.6) is 5.75 Å². The Labute approximate surface area is 147 Å². The number of hydrogen-bond acceptors (Lipinski definition) is 3. The molecule has 3 nitrogen and oxygen atoms in total. The first-order valence-corrected chi connectivity index (χ1v) is 8.60. The van der Waals surface area contributed by atoms with Crippen molar-refractivity contribution in [3.8, 4) is 16.9 Å². The fraction of sp³-hybridized carbons (Fsp3) is 0.136. The second kappa shape index (κ2) is 5.78. The van der Waals surface area contributed by atoms with E-state index >= 15 is 0 Å². The van der Waals surface area contributed by atoms with Crippen molar-refractivity contribution in [2.45, 2.75) is 12.5 Å². The quantitative estimate of drug-likeness (QED) is 0.672. The second-order valence-electron chi connectivity index (χ2n) is 6.46. The Morgan fingerprint density at radius 1 is 0.760 bits per heavy atom. The third-order valence-corrected chi connectivity index (χ3v) is 4.95. The molecule has 0 aromatic heterocycles. The van der Waals surface area contributed by atoms with Gasteiger partial charge < -0.3 is 4.74 Å². The van der Waals surface area contributed by atoms with Gasteiger partial charge in [-0.3, -0.25) is 5.01 Å². The van der Waals surface area contributed by atoms with Crippen LogP contribution in [-0.2, 0) is 0 Å². The maximum Gasteiger partial charge on any atom is 0.177 e. The van der Waals surface area contributed by atoms with E-state index in [0.717, 1.165) is 17.9 Å². The average Bonchev–Trinajstić information content (AvgIpc) is 3.14. The molecular formula is C22H18N2O. The third kappa shape index (κ3) is 2.49. The molecule has 5 rings (SSSR count). The van der Waals surface area contributed by atoms with E-state index in [2.05, 4.69) is 65.7 Å². The molecule has 1 atom stereocenters. The van der Waals surface area contributed by atoms with Gasteiger partial charge in [0.25, 0.3) is 0 Å². The summed E-state index contributed by atoms with van der Waals surface area (Å²) < 4.78 is 5.82. The number of fused-ring (bicyclic) bond motifs is 3. The molecular weight excluding hydrogens is 308 g/mol. The smallest absolute Gasteiger partial charge is 0.177 e. The van der Waals surface area contributed by atoms with Crippen LogP contribution in [0.3, 0.4) is 0 Å². The lowest BCUT2D eigenvalue weighted by atomic mass is 9.96. The normalized spacial score (nSPS) is 18.2. The lowest BCUT2D eigenvalue weighted by Crippen LogP contribution is -2.29. The van der Waals surface area contributed by atoms with Crippen molar-refractivity contribution in [1.82, 2.24) is 5.01 Å². The van der Waals surface area contributed by atoms with Crippen LogP contribution in [0.25, 0.3) is 11.1 Å². The highest BCUT2D eigenvalue weighted by Crippen LogP contribution is 2.40. The highest BCUT2D eigenvalue weighted by atomic mass is 16.5. The Bertz CT molecular complexity index is 932. The number of hydrazone groups is 1. The van der Waals surface area contributed by atoms with Gasteiger partial charge in [-0.15, -0.1) is 0 Å². The SMILES string of the molecule is c1ccc(-c2ccc(C3=NN4COc5ccccc5C4C3)cc2)cc1. The van der Waals surface area contributed by atoms with E-state index in [1.165, 1.54) is 22.3 Å². The summed E-state index contributed by atoms with van der Waals surface area (Å²) in [5, 5.41) is 6.86. The monoisotopic (exact) mass is 326 g/mol. The molecule has 3 aromatic carbocycles. The van der Waals surface area contributed by atoms with Crippen LogP contribution in [0.4, 0.5) is 0 Å². The van der Waals surface area contributed by atoms with Crippen LogP contribution in [0.2, 0.25) is 0 Å². The fourth-order valence-electron chi connectivity index (χ4n) is 3.63. The molecule has 0 amide bonds. The number of rotatable bonds is 2. The van der Waals surface area contributed by atoms with E-state index in [9.17, 15) is 0 Å². The van der Waals surface area contributed by atoms with Crippen molar-refractivity contribution in [3.05, 3.63) is 90.0 Å². The van der Waals surface area contributed by atoms with Gasteiger partial charge >= 0.3 is 0 Å². The first-order chi connectivity index (χ1) is 12.4. The van der Waals surface area contributed by atoms with Crippen molar-refractivity contribution in [3.63, 3.8) is 0 Å². The molecule has 0 N–H and O–H groups in total. The Kier molecular flexibility index (Phi) is 3.30. The molecule has 25 heavy (non-hydrogen) atoms. The van der Waals surface area contributed by atoms with E-state index in [-0.39, 0.29) is 6.04 Å². The van der Waals surface area contributed by atoms with Crippen LogP contribution >= 0.6 is 0 Å². The van der Waals surface area contributed by atoms with Gasteiger partial charge in [0.1, 0.15) is 5.75 Å². The maximum absolute atomic E-state index is 5.82. The van der Waals surface area contributed by atoms with Gasteiger partial charge in [-0.25, -0.2) is 0 Å². The molecule has 3 heteroatoms. The van der Waals surface area contributed by atoms with Crippen LogP contribution < -0.4 is 4.74 Å². The zero-order valence-corrected chi connectivity index (χ0v) is 13.8. The molecule has 2 aliphatic rings. The minimum absolute atomic E-state index is 0.286. The Hall–Kier alpha value is -3.07. The molecule has 2 aliphatic heterocycles. The third-order valence-electron chi connectivity index (χ3n) is 4.95. The van der Waals surface area contributed by atoms with E-state index in [1.807, 2.05) is 18.2 Å². The standard InChI is InChI=1S/C22H18N2O/c1-2-6-16(7-3-1)17-10-12-18(13-11-17)20-14-21-19-8-4-5-9-22(19)25-15-24(21)23-20/h1-13,21H,14-15H2. The summed E-state index contributed by atoms with van der Waals surface area (Å²) >= 11 is 0. The van der Waals surface area contributed by atoms with Gasteiger partial charge in [0, 0.05) is 12.0 Å². The fourth-order valence-corrected chi connectivity index (χ4v) is 3.63. The van der Waals surface area contributed by atoms with Crippen molar-refractivity contribution < 1.29 is 4.74 Å². The predicted octanol–water partition coefficient (Wildman–Crippen LogP) is 4.85. The average molecular weight is 326 g/mol. The lowest BCUT2D eigenvalue weighted by Gasteiger charge is -2.30. The highest BCUT2D eigenvalue weighted by Gasteiger charge is 2.34. The van der Waals surface area contributed by atoms with Gasteiger partial charge in [-0.2, -0.15) is 5.10 Å². The van der Waals surface area contributed by atoms with Crippen LogP contribution in [0.15, 0.2) is 84.0 Å².